The molecule has 21 heavy (non-hydrogen) atoms. The van der Waals surface area contributed by atoms with E-state index in [0.717, 1.165) is 30.6 Å². The third-order valence-electron chi connectivity index (χ3n) is 2.99. The van der Waals surface area contributed by atoms with Gasteiger partial charge in [-0.05, 0) is 36.7 Å². The Morgan fingerprint density at radius 1 is 1.19 bits per heavy atom. The van der Waals surface area contributed by atoms with E-state index in [-0.39, 0.29) is 0 Å². The number of hydrogen-bond acceptors (Lipinski definition) is 3. The van der Waals surface area contributed by atoms with Crippen LogP contribution in [-0.2, 0) is 13.2 Å². The Kier molecular flexibility index (Phi) is 6.30. The molecule has 1 heterocycles. The van der Waals surface area contributed by atoms with Crippen LogP contribution in [0.15, 0.2) is 36.7 Å². The van der Waals surface area contributed by atoms with Gasteiger partial charge in [0, 0.05) is 24.5 Å². The number of nitrogens with one attached hydrogen (secondary N) is 1. The second kappa shape index (κ2) is 8.23. The summed E-state index contributed by atoms with van der Waals surface area (Å²) in [6.45, 7) is 4.32. The summed E-state index contributed by atoms with van der Waals surface area (Å²) in [5.74, 6) is 0.656. The van der Waals surface area contributed by atoms with Crippen molar-refractivity contribution in [1.29, 1.82) is 0 Å². The number of ether oxygens (including phenoxy) is 1. The van der Waals surface area contributed by atoms with Crippen molar-refractivity contribution in [1.82, 2.24) is 10.3 Å². The fourth-order valence-electron chi connectivity index (χ4n) is 1.86. The van der Waals surface area contributed by atoms with Gasteiger partial charge in [0.25, 0.3) is 0 Å². The maximum atomic E-state index is 6.25. The lowest BCUT2D eigenvalue weighted by Crippen LogP contribution is -2.13. The van der Waals surface area contributed by atoms with Crippen molar-refractivity contribution in [3.63, 3.8) is 0 Å². The molecule has 0 amide bonds. The summed E-state index contributed by atoms with van der Waals surface area (Å²) in [7, 11) is 0. The average Bonchev–Trinajstić information content (AvgIpc) is 2.48. The van der Waals surface area contributed by atoms with Crippen LogP contribution in [0.2, 0.25) is 10.0 Å². The van der Waals surface area contributed by atoms with Crippen molar-refractivity contribution in [3.05, 3.63) is 57.8 Å². The summed E-state index contributed by atoms with van der Waals surface area (Å²) in [6, 6.07) is 7.66. The van der Waals surface area contributed by atoms with E-state index in [2.05, 4.69) is 17.2 Å². The van der Waals surface area contributed by atoms with E-state index in [0.29, 0.717) is 22.4 Å². The molecule has 5 heteroatoms. The largest absolute Gasteiger partial charge is 0.487 e. The molecule has 1 aromatic carbocycles. The van der Waals surface area contributed by atoms with E-state index in [1.54, 1.807) is 12.4 Å². The minimum atomic E-state index is 0.370. The third kappa shape index (κ3) is 4.88. The molecule has 0 fully saturated rings. The minimum absolute atomic E-state index is 0.370. The summed E-state index contributed by atoms with van der Waals surface area (Å²) in [4.78, 5) is 3.94. The fraction of sp³-hybridized carbons (Fsp3) is 0.312. The van der Waals surface area contributed by atoms with Crippen LogP contribution >= 0.6 is 23.2 Å². The lowest BCUT2D eigenvalue weighted by Gasteiger charge is -2.11. The second-order valence-corrected chi connectivity index (χ2v) is 5.51. The second-order valence-electron chi connectivity index (χ2n) is 4.70. The topological polar surface area (TPSA) is 34.1 Å². The first kappa shape index (κ1) is 16.1. The smallest absolute Gasteiger partial charge is 0.138 e. The number of hydrogen-bond donors (Lipinski definition) is 1. The highest BCUT2D eigenvalue weighted by atomic mass is 35.5. The minimum Gasteiger partial charge on any atom is -0.487 e. The van der Waals surface area contributed by atoms with Crippen molar-refractivity contribution < 1.29 is 4.74 Å². The normalized spacial score (nSPS) is 10.6. The highest BCUT2D eigenvalue weighted by molar-refractivity contribution is 6.32. The maximum absolute atomic E-state index is 6.25. The lowest BCUT2D eigenvalue weighted by atomic mass is 10.2. The molecule has 2 rings (SSSR count). The van der Waals surface area contributed by atoms with Gasteiger partial charge in [-0.15, -0.1) is 0 Å². The fourth-order valence-corrected chi connectivity index (χ4v) is 2.29. The number of rotatable bonds is 7. The van der Waals surface area contributed by atoms with Gasteiger partial charge in [0.15, 0.2) is 0 Å². The van der Waals surface area contributed by atoms with Crippen LogP contribution in [0.3, 0.4) is 0 Å². The summed E-state index contributed by atoms with van der Waals surface area (Å²) >= 11 is 12.3. The Balaban J connectivity index is 1.96. The molecular formula is C16H18Cl2N2O. The molecule has 1 N–H and O–H groups in total. The molecule has 0 aliphatic carbocycles. The van der Waals surface area contributed by atoms with Crippen LogP contribution in [0.5, 0.6) is 5.75 Å². The molecule has 0 unspecified atom stereocenters. The molecule has 0 spiro atoms. The van der Waals surface area contributed by atoms with Gasteiger partial charge in [-0.25, -0.2) is 0 Å². The predicted molar refractivity (Wildman–Crippen MR) is 87.0 cm³/mol. The molecule has 0 saturated heterocycles. The molecular weight excluding hydrogens is 307 g/mol. The monoisotopic (exact) mass is 324 g/mol. The van der Waals surface area contributed by atoms with E-state index < -0.39 is 0 Å². The third-order valence-corrected chi connectivity index (χ3v) is 3.63. The first-order valence-electron chi connectivity index (χ1n) is 6.91. The number of halogens is 2. The molecule has 0 aliphatic heterocycles. The molecule has 1 aromatic heterocycles. The van der Waals surface area contributed by atoms with Crippen molar-refractivity contribution in [3.8, 4) is 5.75 Å². The number of benzene rings is 1. The van der Waals surface area contributed by atoms with Crippen LogP contribution in [-0.4, -0.2) is 11.5 Å². The SMILES string of the molecule is CCCNCc1ccc(OCc2ccncc2Cl)c(Cl)c1. The van der Waals surface area contributed by atoms with Crippen molar-refractivity contribution >= 4 is 23.2 Å². The van der Waals surface area contributed by atoms with Crippen LogP contribution in [0, 0.1) is 0 Å². The van der Waals surface area contributed by atoms with E-state index in [1.165, 1.54) is 0 Å². The summed E-state index contributed by atoms with van der Waals surface area (Å²) in [5.41, 5.74) is 2.03. The quantitative estimate of drug-likeness (QED) is 0.763. The maximum Gasteiger partial charge on any atom is 0.138 e. The predicted octanol–water partition coefficient (Wildman–Crippen LogP) is 4.47. The van der Waals surface area contributed by atoms with Crippen LogP contribution in [0.4, 0.5) is 0 Å². The van der Waals surface area contributed by atoms with Crippen molar-refractivity contribution in [2.45, 2.75) is 26.5 Å². The van der Waals surface area contributed by atoms with Gasteiger partial charge >= 0.3 is 0 Å². The molecule has 2 aromatic rings. The summed E-state index contributed by atoms with van der Waals surface area (Å²) in [6.07, 6.45) is 4.40. The number of pyridine rings is 1. The Bertz CT molecular complexity index is 590. The molecule has 0 saturated carbocycles. The van der Waals surface area contributed by atoms with E-state index in [9.17, 15) is 0 Å². The first-order valence-corrected chi connectivity index (χ1v) is 7.66. The molecule has 0 aliphatic rings. The Hall–Kier alpha value is -1.29. The van der Waals surface area contributed by atoms with Crippen LogP contribution in [0.25, 0.3) is 0 Å². The summed E-state index contributed by atoms with van der Waals surface area (Å²) in [5, 5.41) is 4.54. The van der Waals surface area contributed by atoms with Gasteiger partial charge < -0.3 is 10.1 Å². The van der Waals surface area contributed by atoms with Gasteiger partial charge in [-0.2, -0.15) is 0 Å². The molecule has 0 bridgehead atoms. The van der Waals surface area contributed by atoms with Gasteiger partial charge in [0.2, 0.25) is 0 Å². The Morgan fingerprint density at radius 3 is 2.76 bits per heavy atom. The van der Waals surface area contributed by atoms with Gasteiger partial charge in [0.1, 0.15) is 12.4 Å². The van der Waals surface area contributed by atoms with Gasteiger partial charge in [0.05, 0.1) is 10.0 Å². The highest BCUT2D eigenvalue weighted by Crippen LogP contribution is 2.27. The molecule has 112 valence electrons. The van der Waals surface area contributed by atoms with E-state index in [1.807, 2.05) is 24.3 Å². The average molecular weight is 325 g/mol. The Morgan fingerprint density at radius 2 is 2.05 bits per heavy atom. The van der Waals surface area contributed by atoms with Crippen molar-refractivity contribution in [2.75, 3.05) is 6.54 Å². The highest BCUT2D eigenvalue weighted by Gasteiger charge is 2.05. The molecule has 0 radical (unpaired) electrons. The van der Waals surface area contributed by atoms with Gasteiger partial charge in [-0.1, -0.05) is 36.2 Å². The zero-order valence-electron chi connectivity index (χ0n) is 11.9. The van der Waals surface area contributed by atoms with Crippen molar-refractivity contribution in [2.24, 2.45) is 0 Å². The standard InChI is InChI=1S/C16H18Cl2N2O/c1-2-6-19-9-12-3-4-16(14(17)8-12)21-11-13-5-7-20-10-15(13)18/h3-5,7-8,10,19H,2,6,9,11H2,1H3. The summed E-state index contributed by atoms with van der Waals surface area (Å²) < 4.78 is 5.72. The zero-order valence-corrected chi connectivity index (χ0v) is 13.4. The number of aromatic nitrogens is 1. The van der Waals surface area contributed by atoms with Gasteiger partial charge in [-0.3, -0.25) is 4.98 Å². The van der Waals surface area contributed by atoms with E-state index >= 15 is 0 Å². The van der Waals surface area contributed by atoms with E-state index in [4.69, 9.17) is 27.9 Å². The Labute approximate surface area is 135 Å². The number of nitrogens with zero attached hydrogens (tertiary/aromatic N) is 1. The zero-order chi connectivity index (χ0) is 15.1. The molecule has 0 atom stereocenters. The van der Waals surface area contributed by atoms with Crippen LogP contribution in [0.1, 0.15) is 24.5 Å². The molecule has 3 nitrogen and oxygen atoms in total. The van der Waals surface area contributed by atoms with Crippen LogP contribution < -0.4 is 10.1 Å². The first-order chi connectivity index (χ1) is 10.2. The lowest BCUT2D eigenvalue weighted by molar-refractivity contribution is 0.306.